The Morgan fingerprint density at radius 2 is 1.80 bits per heavy atom. The molecule has 0 aromatic heterocycles. The van der Waals surface area contributed by atoms with Gasteiger partial charge in [-0.15, -0.1) is 0 Å². The molecule has 0 heterocycles. The highest BCUT2D eigenvalue weighted by Crippen LogP contribution is 2.05. The van der Waals surface area contributed by atoms with E-state index >= 15 is 0 Å². The summed E-state index contributed by atoms with van der Waals surface area (Å²) in [5.41, 5.74) is 11.3. The van der Waals surface area contributed by atoms with Crippen molar-refractivity contribution in [3.63, 3.8) is 0 Å². The highest BCUT2D eigenvalue weighted by atomic mass is 14.9. The van der Waals surface area contributed by atoms with Crippen LogP contribution in [0.3, 0.4) is 0 Å². The summed E-state index contributed by atoms with van der Waals surface area (Å²) in [5.74, 6) is 0.836. The van der Waals surface area contributed by atoms with Crippen LogP contribution in [0.1, 0.15) is 46.0 Å². The quantitative estimate of drug-likeness (QED) is 0.484. The number of hydrogen-bond donors (Lipinski definition) is 3. The molecular weight excluding hydrogens is 186 g/mol. The molecule has 0 amide bonds. The first kappa shape index (κ1) is 14.9. The van der Waals surface area contributed by atoms with Crippen molar-refractivity contribution in [2.24, 2.45) is 17.4 Å². The summed E-state index contributed by atoms with van der Waals surface area (Å²) in [6, 6.07) is 0.296. The van der Waals surface area contributed by atoms with Crippen molar-refractivity contribution >= 4 is 0 Å². The first-order valence-corrected chi connectivity index (χ1v) is 6.40. The van der Waals surface area contributed by atoms with Crippen molar-refractivity contribution in [1.82, 2.24) is 5.32 Å². The number of rotatable bonds is 10. The van der Waals surface area contributed by atoms with E-state index in [-0.39, 0.29) is 0 Å². The van der Waals surface area contributed by atoms with Gasteiger partial charge in [0.05, 0.1) is 0 Å². The van der Waals surface area contributed by atoms with Gasteiger partial charge in [0.1, 0.15) is 0 Å². The normalized spacial score (nSPS) is 13.4. The Balaban J connectivity index is 3.23. The standard InChI is InChI=1S/C12H29N3/c1-3-11(4-2)10-15-9-5-6-12(14)7-8-13/h11-12,15H,3-10,13-14H2,1-2H3. The van der Waals surface area contributed by atoms with Crippen LogP contribution in [0.5, 0.6) is 0 Å². The first-order valence-electron chi connectivity index (χ1n) is 6.40. The highest BCUT2D eigenvalue weighted by Gasteiger charge is 2.03. The minimum atomic E-state index is 0.296. The Bertz CT molecular complexity index is 124. The fraction of sp³-hybridized carbons (Fsp3) is 1.00. The van der Waals surface area contributed by atoms with Crippen LogP contribution in [-0.4, -0.2) is 25.7 Å². The van der Waals surface area contributed by atoms with E-state index in [4.69, 9.17) is 11.5 Å². The lowest BCUT2D eigenvalue weighted by atomic mass is 10.0. The van der Waals surface area contributed by atoms with E-state index < -0.39 is 0 Å². The van der Waals surface area contributed by atoms with Crippen LogP contribution < -0.4 is 16.8 Å². The Morgan fingerprint density at radius 3 is 2.33 bits per heavy atom. The van der Waals surface area contributed by atoms with Gasteiger partial charge in [-0.05, 0) is 44.8 Å². The largest absolute Gasteiger partial charge is 0.330 e. The molecule has 5 N–H and O–H groups in total. The first-order chi connectivity index (χ1) is 7.24. The van der Waals surface area contributed by atoms with Crippen molar-refractivity contribution in [3.8, 4) is 0 Å². The van der Waals surface area contributed by atoms with Crippen LogP contribution in [0, 0.1) is 5.92 Å². The second-order valence-electron chi connectivity index (χ2n) is 4.37. The van der Waals surface area contributed by atoms with Gasteiger partial charge >= 0.3 is 0 Å². The molecule has 0 rings (SSSR count). The van der Waals surface area contributed by atoms with Gasteiger partial charge in [-0.3, -0.25) is 0 Å². The second kappa shape index (κ2) is 10.4. The maximum Gasteiger partial charge on any atom is 0.00513 e. The van der Waals surface area contributed by atoms with Crippen molar-refractivity contribution in [1.29, 1.82) is 0 Å². The van der Waals surface area contributed by atoms with E-state index in [9.17, 15) is 0 Å². The third kappa shape index (κ3) is 8.85. The van der Waals surface area contributed by atoms with E-state index in [2.05, 4.69) is 19.2 Å². The topological polar surface area (TPSA) is 64.1 Å². The molecule has 0 fully saturated rings. The number of hydrogen-bond acceptors (Lipinski definition) is 3. The van der Waals surface area contributed by atoms with Gasteiger partial charge < -0.3 is 16.8 Å². The molecule has 3 heteroatoms. The molecule has 92 valence electrons. The molecule has 3 nitrogen and oxygen atoms in total. The van der Waals surface area contributed by atoms with Gasteiger partial charge in [-0.2, -0.15) is 0 Å². The predicted octanol–water partition coefficient (Wildman–Crippen LogP) is 1.47. The summed E-state index contributed by atoms with van der Waals surface area (Å²) >= 11 is 0. The van der Waals surface area contributed by atoms with E-state index in [1.54, 1.807) is 0 Å². The molecule has 0 aromatic rings. The molecule has 15 heavy (non-hydrogen) atoms. The molecule has 0 saturated carbocycles. The fourth-order valence-corrected chi connectivity index (χ4v) is 1.73. The third-order valence-electron chi connectivity index (χ3n) is 3.05. The average Bonchev–Trinajstić information content (AvgIpc) is 2.24. The van der Waals surface area contributed by atoms with E-state index in [0.717, 1.165) is 31.8 Å². The van der Waals surface area contributed by atoms with Crippen LogP contribution in [0.15, 0.2) is 0 Å². The van der Waals surface area contributed by atoms with Crippen LogP contribution in [-0.2, 0) is 0 Å². The lowest BCUT2D eigenvalue weighted by Crippen LogP contribution is -2.27. The molecule has 0 aliphatic heterocycles. The summed E-state index contributed by atoms with van der Waals surface area (Å²) in [5, 5.41) is 3.50. The zero-order valence-corrected chi connectivity index (χ0v) is 10.5. The minimum absolute atomic E-state index is 0.296. The lowest BCUT2D eigenvalue weighted by Gasteiger charge is -2.14. The SMILES string of the molecule is CCC(CC)CNCCCC(N)CCN. The lowest BCUT2D eigenvalue weighted by molar-refractivity contribution is 0.439. The Morgan fingerprint density at radius 1 is 1.13 bits per heavy atom. The summed E-state index contributed by atoms with van der Waals surface area (Å²) in [6.45, 7) is 7.47. The van der Waals surface area contributed by atoms with E-state index in [0.29, 0.717) is 12.6 Å². The molecule has 0 aliphatic rings. The monoisotopic (exact) mass is 215 g/mol. The molecule has 0 radical (unpaired) electrons. The second-order valence-corrected chi connectivity index (χ2v) is 4.37. The molecule has 0 bridgehead atoms. The molecule has 0 spiro atoms. The van der Waals surface area contributed by atoms with Crippen LogP contribution in [0.2, 0.25) is 0 Å². The van der Waals surface area contributed by atoms with Gasteiger partial charge in [-0.25, -0.2) is 0 Å². The van der Waals surface area contributed by atoms with Gasteiger partial charge in [0.25, 0.3) is 0 Å². The molecule has 0 saturated heterocycles. The van der Waals surface area contributed by atoms with Crippen molar-refractivity contribution in [2.45, 2.75) is 52.0 Å². The van der Waals surface area contributed by atoms with Crippen molar-refractivity contribution in [2.75, 3.05) is 19.6 Å². The predicted molar refractivity (Wildman–Crippen MR) is 67.8 cm³/mol. The van der Waals surface area contributed by atoms with E-state index in [1.807, 2.05) is 0 Å². The summed E-state index contributed by atoms with van der Waals surface area (Å²) < 4.78 is 0. The van der Waals surface area contributed by atoms with Gasteiger partial charge in [-0.1, -0.05) is 26.7 Å². The third-order valence-corrected chi connectivity index (χ3v) is 3.05. The van der Waals surface area contributed by atoms with Crippen molar-refractivity contribution in [3.05, 3.63) is 0 Å². The van der Waals surface area contributed by atoms with Crippen LogP contribution >= 0.6 is 0 Å². The van der Waals surface area contributed by atoms with Crippen LogP contribution in [0.25, 0.3) is 0 Å². The van der Waals surface area contributed by atoms with E-state index in [1.165, 1.54) is 19.3 Å². The van der Waals surface area contributed by atoms with Gasteiger partial charge in [0, 0.05) is 6.04 Å². The maximum absolute atomic E-state index is 5.87. The summed E-state index contributed by atoms with van der Waals surface area (Å²) in [7, 11) is 0. The number of nitrogens with two attached hydrogens (primary N) is 2. The zero-order chi connectivity index (χ0) is 11.5. The molecule has 1 unspecified atom stereocenters. The molecule has 0 aromatic carbocycles. The summed E-state index contributed by atoms with van der Waals surface area (Å²) in [6.07, 6.45) is 5.76. The maximum atomic E-state index is 5.87. The minimum Gasteiger partial charge on any atom is -0.330 e. The molecule has 0 aliphatic carbocycles. The molecular formula is C12H29N3. The van der Waals surface area contributed by atoms with Gasteiger partial charge in [0.2, 0.25) is 0 Å². The van der Waals surface area contributed by atoms with Crippen molar-refractivity contribution < 1.29 is 0 Å². The van der Waals surface area contributed by atoms with Crippen LogP contribution in [0.4, 0.5) is 0 Å². The highest BCUT2D eigenvalue weighted by molar-refractivity contribution is 4.63. The smallest absolute Gasteiger partial charge is 0.00513 e. The Hall–Kier alpha value is -0.120. The summed E-state index contributed by atoms with van der Waals surface area (Å²) in [4.78, 5) is 0. The number of nitrogens with one attached hydrogen (secondary N) is 1. The van der Waals surface area contributed by atoms with Gasteiger partial charge in [0.15, 0.2) is 0 Å². The fourth-order valence-electron chi connectivity index (χ4n) is 1.73. The average molecular weight is 215 g/mol. The Kier molecular flexibility index (Phi) is 10.3. The zero-order valence-electron chi connectivity index (χ0n) is 10.5. The molecule has 1 atom stereocenters. The Labute approximate surface area is 95.0 Å².